The predicted molar refractivity (Wildman–Crippen MR) is 115 cm³/mol. The smallest absolute Gasteiger partial charge is 0.323 e. The van der Waals surface area contributed by atoms with Gasteiger partial charge in [-0.2, -0.15) is 0 Å². The van der Waals surface area contributed by atoms with E-state index in [0.717, 1.165) is 51.9 Å². The number of nitrogens with two attached hydrogens (primary N) is 1. The molecule has 8 nitrogen and oxygen atoms in total. The molecule has 6 N–H and O–H groups in total. The molecule has 0 rings (SSSR count). The van der Waals surface area contributed by atoms with Gasteiger partial charge in [-0.15, -0.1) is 0 Å². The fraction of sp³-hybridized carbons (Fsp3) is 0.818. The number of aliphatic hydroxyl groups is 3. The molecule has 0 aliphatic heterocycles. The van der Waals surface area contributed by atoms with Crippen molar-refractivity contribution in [3.63, 3.8) is 0 Å². The summed E-state index contributed by atoms with van der Waals surface area (Å²) in [6, 6.07) is -1.69. The third-order valence-corrected chi connectivity index (χ3v) is 5.02. The highest BCUT2D eigenvalue weighted by Crippen LogP contribution is 2.14. The highest BCUT2D eigenvalue weighted by atomic mass is 16.6. The summed E-state index contributed by atoms with van der Waals surface area (Å²) < 4.78 is 4.97. The Kier molecular flexibility index (Phi) is 16.4. The van der Waals surface area contributed by atoms with Crippen LogP contribution in [0, 0.1) is 0 Å². The van der Waals surface area contributed by atoms with Gasteiger partial charge in [-0.1, -0.05) is 57.9 Å². The lowest BCUT2D eigenvalue weighted by molar-refractivity contribution is -0.156. The number of carbonyl (C=O) groups is 2. The van der Waals surface area contributed by atoms with Gasteiger partial charge < -0.3 is 30.9 Å². The van der Waals surface area contributed by atoms with Crippen molar-refractivity contribution in [1.82, 2.24) is 0 Å². The maximum atomic E-state index is 11.2. The monoisotopic (exact) mass is 431 g/mol. The van der Waals surface area contributed by atoms with Gasteiger partial charge in [-0.25, -0.2) is 0 Å². The van der Waals surface area contributed by atoms with E-state index in [1.807, 2.05) is 0 Å². The van der Waals surface area contributed by atoms with Gasteiger partial charge in [0.25, 0.3) is 0 Å². The molecule has 0 fully saturated rings. The minimum atomic E-state index is -1.77. The quantitative estimate of drug-likeness (QED) is 0.126. The second-order valence-corrected chi connectivity index (χ2v) is 7.84. The molecule has 5 atom stereocenters. The van der Waals surface area contributed by atoms with Crippen LogP contribution in [-0.4, -0.2) is 62.8 Å². The highest BCUT2D eigenvalue weighted by Gasteiger charge is 2.34. The lowest BCUT2D eigenvalue weighted by atomic mass is 10.0. The number of carbonyl (C=O) groups excluding carboxylic acids is 1. The number of hydrogen-bond donors (Lipinski definition) is 5. The molecule has 0 aromatic rings. The zero-order chi connectivity index (χ0) is 22.9. The first-order chi connectivity index (χ1) is 14.2. The van der Waals surface area contributed by atoms with Gasteiger partial charge in [0.1, 0.15) is 24.4 Å². The van der Waals surface area contributed by atoms with Crippen LogP contribution in [0.3, 0.4) is 0 Å². The zero-order valence-electron chi connectivity index (χ0n) is 18.4. The van der Waals surface area contributed by atoms with Crippen LogP contribution in [0.4, 0.5) is 0 Å². The Labute approximate surface area is 180 Å². The van der Waals surface area contributed by atoms with Crippen LogP contribution < -0.4 is 5.73 Å². The molecule has 0 saturated carbocycles. The van der Waals surface area contributed by atoms with Crippen molar-refractivity contribution < 1.29 is 34.8 Å². The van der Waals surface area contributed by atoms with E-state index in [1.54, 1.807) is 6.08 Å². The van der Waals surface area contributed by atoms with E-state index in [0.29, 0.717) is 6.42 Å². The van der Waals surface area contributed by atoms with Crippen molar-refractivity contribution in [1.29, 1.82) is 0 Å². The summed E-state index contributed by atoms with van der Waals surface area (Å²) in [7, 11) is 0. The summed E-state index contributed by atoms with van der Waals surface area (Å²) in [5.74, 6) is -2.12. The minimum Gasteiger partial charge on any atom is -0.480 e. The van der Waals surface area contributed by atoms with Gasteiger partial charge in [0, 0.05) is 6.92 Å². The number of unbranched alkanes of at least 4 members (excludes halogenated alkanes) is 7. The number of hydrogen-bond acceptors (Lipinski definition) is 7. The van der Waals surface area contributed by atoms with Crippen molar-refractivity contribution in [3.05, 3.63) is 12.2 Å². The van der Waals surface area contributed by atoms with Crippen LogP contribution in [0.5, 0.6) is 0 Å². The Morgan fingerprint density at radius 3 is 2.03 bits per heavy atom. The second-order valence-electron chi connectivity index (χ2n) is 7.84. The molecule has 30 heavy (non-hydrogen) atoms. The zero-order valence-corrected chi connectivity index (χ0v) is 18.4. The van der Waals surface area contributed by atoms with Crippen molar-refractivity contribution in [2.75, 3.05) is 0 Å². The molecule has 0 heterocycles. The van der Waals surface area contributed by atoms with Gasteiger partial charge >= 0.3 is 11.9 Å². The number of rotatable bonds is 18. The largest absolute Gasteiger partial charge is 0.480 e. The molecule has 0 amide bonds. The Balaban J connectivity index is 4.17. The Morgan fingerprint density at radius 2 is 1.50 bits per heavy atom. The summed E-state index contributed by atoms with van der Waals surface area (Å²) in [6.07, 6.45) is 9.32. The normalized spacial score (nSPS) is 16.7. The van der Waals surface area contributed by atoms with Gasteiger partial charge in [0.2, 0.25) is 0 Å². The molecule has 0 spiro atoms. The van der Waals surface area contributed by atoms with Gasteiger partial charge in [0.05, 0.1) is 6.10 Å². The highest BCUT2D eigenvalue weighted by molar-refractivity contribution is 5.74. The van der Waals surface area contributed by atoms with E-state index in [2.05, 4.69) is 6.92 Å². The summed E-state index contributed by atoms with van der Waals surface area (Å²) >= 11 is 0. The van der Waals surface area contributed by atoms with Crippen molar-refractivity contribution in [2.24, 2.45) is 5.73 Å². The van der Waals surface area contributed by atoms with Crippen LogP contribution in [0.15, 0.2) is 12.2 Å². The van der Waals surface area contributed by atoms with E-state index in [1.165, 1.54) is 25.3 Å². The molecular formula is C22H41NO7. The van der Waals surface area contributed by atoms with Crippen molar-refractivity contribution >= 4 is 11.9 Å². The fourth-order valence-electron chi connectivity index (χ4n) is 3.14. The first-order valence-corrected chi connectivity index (χ1v) is 11.1. The van der Waals surface area contributed by atoms with Gasteiger partial charge in [0.15, 0.2) is 0 Å². The summed E-state index contributed by atoms with van der Waals surface area (Å²) in [5.41, 5.74) is 5.32. The molecule has 0 aromatic carbocycles. The van der Waals surface area contributed by atoms with E-state index in [4.69, 9.17) is 15.6 Å². The van der Waals surface area contributed by atoms with Gasteiger partial charge in [-0.05, 0) is 31.8 Å². The van der Waals surface area contributed by atoms with Crippen LogP contribution in [0.25, 0.3) is 0 Å². The topological polar surface area (TPSA) is 150 Å². The molecule has 8 heteroatoms. The molecule has 176 valence electrons. The molecule has 1 unspecified atom stereocenters. The number of carboxylic acid groups (broad SMARTS) is 1. The molecule has 0 radical (unpaired) electrons. The number of allylic oxidation sites excluding steroid dienone is 1. The van der Waals surface area contributed by atoms with Gasteiger partial charge in [-0.3, -0.25) is 9.59 Å². The third kappa shape index (κ3) is 13.7. The summed E-state index contributed by atoms with van der Waals surface area (Å²) in [6.45, 7) is 3.33. The number of aliphatic hydroxyl groups excluding tert-OH is 3. The number of esters is 1. The molecule has 0 aliphatic carbocycles. The number of ether oxygens (including phenoxy) is 1. The van der Waals surface area contributed by atoms with Crippen LogP contribution >= 0.6 is 0 Å². The standard InChI is InChI=1S/C22H41NO7/c1-3-4-5-10-13-17(25)14-11-8-6-7-9-12-15-18(30-16(2)24)20(26)21(27)19(23)22(28)29/h12,15,17-21,25-27H,3-11,13-14,23H2,1-2H3,(H,28,29)/b15-12+/t17?,18-,19-,20+,21+/m0/s1. The van der Waals surface area contributed by atoms with Crippen molar-refractivity contribution in [2.45, 2.75) is 115 Å². The molecular weight excluding hydrogens is 390 g/mol. The van der Waals surface area contributed by atoms with E-state index in [9.17, 15) is 24.9 Å². The van der Waals surface area contributed by atoms with E-state index < -0.39 is 36.3 Å². The predicted octanol–water partition coefficient (Wildman–Crippen LogP) is 2.28. The summed E-state index contributed by atoms with van der Waals surface area (Å²) in [4.78, 5) is 22.1. The van der Waals surface area contributed by atoms with Crippen LogP contribution in [-0.2, 0) is 14.3 Å². The first kappa shape index (κ1) is 28.5. The average Bonchev–Trinajstić information content (AvgIpc) is 2.70. The first-order valence-electron chi connectivity index (χ1n) is 11.1. The van der Waals surface area contributed by atoms with Crippen molar-refractivity contribution in [3.8, 4) is 0 Å². The maximum Gasteiger partial charge on any atom is 0.323 e. The fourth-order valence-corrected chi connectivity index (χ4v) is 3.14. The maximum absolute atomic E-state index is 11.2. The molecule has 0 bridgehead atoms. The summed E-state index contributed by atoms with van der Waals surface area (Å²) in [5, 5.41) is 38.8. The Morgan fingerprint density at radius 1 is 0.933 bits per heavy atom. The average molecular weight is 432 g/mol. The lowest BCUT2D eigenvalue weighted by Gasteiger charge is -2.26. The third-order valence-electron chi connectivity index (χ3n) is 5.02. The van der Waals surface area contributed by atoms with E-state index >= 15 is 0 Å². The second kappa shape index (κ2) is 17.2. The minimum absolute atomic E-state index is 0.212. The van der Waals surface area contributed by atoms with E-state index in [-0.39, 0.29) is 6.10 Å². The number of carboxylic acids is 1. The number of aliphatic carboxylic acids is 1. The Bertz CT molecular complexity index is 498. The molecule has 0 saturated heterocycles. The SMILES string of the molecule is CCCCCCC(O)CCCCCC/C=C/[C@H](OC(C)=O)[C@@H](O)[C@H](O)[C@H](N)C(=O)O. The Hall–Kier alpha value is -1.48. The van der Waals surface area contributed by atoms with Crippen LogP contribution in [0.1, 0.15) is 84.5 Å². The molecule has 0 aromatic heterocycles. The van der Waals surface area contributed by atoms with Crippen LogP contribution in [0.2, 0.25) is 0 Å². The lowest BCUT2D eigenvalue weighted by Crippen LogP contribution is -2.52. The molecule has 0 aliphatic rings.